The van der Waals surface area contributed by atoms with Gasteiger partial charge in [0.25, 0.3) is 0 Å². The second-order valence-electron chi connectivity index (χ2n) is 6.11. The van der Waals surface area contributed by atoms with E-state index < -0.39 is 13.3 Å². The zero-order chi connectivity index (χ0) is 11.7. The van der Waals surface area contributed by atoms with E-state index in [4.69, 9.17) is 0 Å². The molecule has 0 saturated carbocycles. The van der Waals surface area contributed by atoms with E-state index in [-0.39, 0.29) is 0 Å². The van der Waals surface area contributed by atoms with E-state index in [1.807, 2.05) is 0 Å². The molecule has 0 aliphatic carbocycles. The van der Waals surface area contributed by atoms with Crippen LogP contribution in [0.15, 0.2) is 24.4 Å². The van der Waals surface area contributed by atoms with Gasteiger partial charge >= 0.3 is 96.8 Å². The summed E-state index contributed by atoms with van der Waals surface area (Å²) in [6, 6.07) is 6.51. The van der Waals surface area contributed by atoms with E-state index in [1.54, 1.807) is 0 Å². The van der Waals surface area contributed by atoms with Gasteiger partial charge in [-0.05, 0) is 0 Å². The Kier molecular flexibility index (Phi) is 3.64. The average molecular weight is 267 g/mol. The molecule has 0 fully saturated rings. The molecule has 0 aliphatic heterocycles. The molecule has 15 heavy (non-hydrogen) atoms. The molecule has 1 rings (SSSR count). The van der Waals surface area contributed by atoms with E-state index in [1.165, 1.54) is 10.9 Å². The molecule has 0 saturated heterocycles. The van der Waals surface area contributed by atoms with Crippen molar-refractivity contribution in [2.24, 2.45) is 7.05 Å². The maximum absolute atomic E-state index is 2.53. The third-order valence-electron chi connectivity index (χ3n) is 3.82. The number of rotatable bonds is 2. The Balaban J connectivity index is 2.92. The molecule has 84 valence electrons. The fourth-order valence-electron chi connectivity index (χ4n) is 1.46. The normalized spacial score (nSPS) is 12.9. The second-order valence-corrected chi connectivity index (χ2v) is 17.9. The third kappa shape index (κ3) is 3.07. The number of hydrogen-bond acceptors (Lipinski definition) is 0. The van der Waals surface area contributed by atoms with E-state index in [2.05, 4.69) is 68.3 Å². The monoisotopic (exact) mass is 268 g/mol. The van der Waals surface area contributed by atoms with Gasteiger partial charge in [0.05, 0.1) is 0 Å². The first-order chi connectivity index (χ1) is 6.74. The fourth-order valence-corrected chi connectivity index (χ4v) is 5.24. The van der Waals surface area contributed by atoms with Crippen LogP contribution in [0.25, 0.3) is 0 Å². The molecule has 0 aromatic carbocycles. The first-order valence-electron chi connectivity index (χ1n) is 5.67. The number of aryl methyl sites for hydroxylation is 1. The van der Waals surface area contributed by atoms with Crippen LogP contribution in [0.4, 0.5) is 0 Å². The van der Waals surface area contributed by atoms with E-state index >= 15 is 0 Å². The maximum atomic E-state index is 2.53. The van der Waals surface area contributed by atoms with Crippen molar-refractivity contribution in [3.63, 3.8) is 0 Å². The van der Waals surface area contributed by atoms with Crippen molar-refractivity contribution in [2.45, 2.75) is 41.8 Å². The van der Waals surface area contributed by atoms with Crippen LogP contribution in [0, 0.1) is 0 Å². The van der Waals surface area contributed by atoms with Crippen molar-refractivity contribution in [2.75, 3.05) is 0 Å². The molecule has 0 aliphatic rings. The Hall–Kier alpha value is -0.307. The summed E-state index contributed by atoms with van der Waals surface area (Å²) in [7, 11) is 2.15. The standard InChI is InChI=1S/C13H24GeN/c1-13(2,3)14(4,5)11-12-9-7-8-10-15(12)6/h7-10H,11H2,1-6H3/q+1. The molecular weight excluding hydrogens is 243 g/mol. The Labute approximate surface area is 96.9 Å². The molecule has 0 amide bonds. The van der Waals surface area contributed by atoms with Crippen molar-refractivity contribution < 1.29 is 4.57 Å². The van der Waals surface area contributed by atoms with Gasteiger partial charge in [0.1, 0.15) is 0 Å². The van der Waals surface area contributed by atoms with Crippen LogP contribution in [0.1, 0.15) is 26.5 Å². The summed E-state index contributed by atoms with van der Waals surface area (Å²) in [5.41, 5.74) is 1.48. The molecule has 1 heterocycles. The van der Waals surface area contributed by atoms with Gasteiger partial charge in [-0.3, -0.25) is 0 Å². The van der Waals surface area contributed by atoms with Gasteiger partial charge in [0.2, 0.25) is 0 Å². The van der Waals surface area contributed by atoms with E-state index in [0.717, 1.165) is 0 Å². The molecule has 0 spiro atoms. The molecule has 0 radical (unpaired) electrons. The molecule has 2 heteroatoms. The van der Waals surface area contributed by atoms with E-state index in [9.17, 15) is 0 Å². The minimum absolute atomic E-state index is 0.517. The molecule has 0 atom stereocenters. The Bertz CT molecular complexity index is 337. The summed E-state index contributed by atoms with van der Waals surface area (Å²) in [5.74, 6) is 5.07. The minimum atomic E-state index is -1.73. The first kappa shape index (κ1) is 12.8. The summed E-state index contributed by atoms with van der Waals surface area (Å²) >= 11 is -1.73. The topological polar surface area (TPSA) is 3.88 Å². The molecular formula is C13H24GeN+. The molecule has 1 nitrogen and oxygen atoms in total. The predicted molar refractivity (Wildman–Crippen MR) is 68.5 cm³/mol. The zero-order valence-corrected chi connectivity index (χ0v) is 13.1. The van der Waals surface area contributed by atoms with Crippen LogP contribution in [0.5, 0.6) is 0 Å². The Morgan fingerprint density at radius 3 is 2.27 bits per heavy atom. The number of hydrogen-bond donors (Lipinski definition) is 0. The predicted octanol–water partition coefficient (Wildman–Crippen LogP) is 3.10. The molecule has 1 aromatic heterocycles. The van der Waals surface area contributed by atoms with Crippen molar-refractivity contribution in [3.8, 4) is 0 Å². The van der Waals surface area contributed by atoms with Crippen molar-refractivity contribution in [3.05, 3.63) is 30.1 Å². The summed E-state index contributed by atoms with van der Waals surface area (Å²) in [6.45, 7) is 7.20. The van der Waals surface area contributed by atoms with Gasteiger partial charge in [-0.1, -0.05) is 0 Å². The number of nitrogens with zero attached hydrogens (tertiary/aromatic N) is 1. The van der Waals surface area contributed by atoms with Crippen LogP contribution >= 0.6 is 0 Å². The molecule has 0 N–H and O–H groups in total. The summed E-state index contributed by atoms with van der Waals surface area (Å²) < 4.78 is 2.78. The van der Waals surface area contributed by atoms with Gasteiger partial charge in [-0.25, -0.2) is 0 Å². The molecule has 1 aromatic rings. The summed E-state index contributed by atoms with van der Waals surface area (Å²) in [6.07, 6.45) is 2.15. The van der Waals surface area contributed by atoms with Crippen molar-refractivity contribution >= 4 is 13.3 Å². The second kappa shape index (κ2) is 4.28. The van der Waals surface area contributed by atoms with E-state index in [0.29, 0.717) is 4.25 Å². The first-order valence-corrected chi connectivity index (χ1v) is 12.4. The molecule has 0 bridgehead atoms. The van der Waals surface area contributed by atoms with Crippen LogP contribution in [-0.4, -0.2) is 13.3 Å². The van der Waals surface area contributed by atoms with Crippen molar-refractivity contribution in [1.82, 2.24) is 0 Å². The van der Waals surface area contributed by atoms with Crippen molar-refractivity contribution in [1.29, 1.82) is 0 Å². The van der Waals surface area contributed by atoms with Crippen LogP contribution in [-0.2, 0) is 12.3 Å². The summed E-state index contributed by atoms with van der Waals surface area (Å²) in [5, 5.41) is 1.31. The van der Waals surface area contributed by atoms with Crippen LogP contribution in [0.2, 0.25) is 15.8 Å². The van der Waals surface area contributed by atoms with Gasteiger partial charge in [-0.15, -0.1) is 0 Å². The quantitative estimate of drug-likeness (QED) is 0.572. The Morgan fingerprint density at radius 1 is 1.20 bits per heavy atom. The van der Waals surface area contributed by atoms with Gasteiger partial charge in [0.15, 0.2) is 0 Å². The summed E-state index contributed by atoms with van der Waals surface area (Å²) in [4.78, 5) is 0. The zero-order valence-electron chi connectivity index (χ0n) is 11.0. The Morgan fingerprint density at radius 2 is 1.80 bits per heavy atom. The van der Waals surface area contributed by atoms with Gasteiger partial charge < -0.3 is 0 Å². The van der Waals surface area contributed by atoms with Crippen LogP contribution < -0.4 is 4.57 Å². The van der Waals surface area contributed by atoms with Gasteiger partial charge in [0, 0.05) is 0 Å². The SMILES string of the molecule is C[n+]1ccccc1[CH2][Ge]([CH3])([CH3])[C](C)(C)C. The van der Waals surface area contributed by atoms with Gasteiger partial charge in [-0.2, -0.15) is 0 Å². The van der Waals surface area contributed by atoms with Crippen LogP contribution in [0.3, 0.4) is 0 Å². The number of pyridine rings is 1. The number of aromatic nitrogens is 1. The average Bonchev–Trinajstić information content (AvgIpc) is 2.06. The molecule has 0 unspecified atom stereocenters. The fraction of sp³-hybridized carbons (Fsp3) is 0.615. The third-order valence-corrected chi connectivity index (χ3v) is 14.9.